The molecule has 0 bridgehead atoms. The molecular weight excluding hydrogens is 370 g/mol. The number of morpholine rings is 1. The van der Waals surface area contributed by atoms with E-state index >= 15 is 0 Å². The van der Waals surface area contributed by atoms with Crippen molar-refractivity contribution in [2.45, 2.75) is 0 Å². The molecule has 0 radical (unpaired) electrons. The van der Waals surface area contributed by atoms with Gasteiger partial charge in [0.15, 0.2) is 0 Å². The Hall–Kier alpha value is -3.26. The summed E-state index contributed by atoms with van der Waals surface area (Å²) in [6.45, 7) is 1.62. The number of furan rings is 1. The number of ether oxygens (including phenoxy) is 1. The number of anilines is 1. The van der Waals surface area contributed by atoms with Gasteiger partial charge in [0.25, 0.3) is 11.8 Å². The SMILES string of the molecule is O=C(Nc1c(C(=O)N2CCOCC2)oc2ccccc12)c1ccc(F)cc1F. The van der Waals surface area contributed by atoms with Crippen LogP contribution >= 0.6 is 0 Å². The number of carbonyl (C=O) groups is 2. The Kier molecular flexibility index (Phi) is 4.79. The van der Waals surface area contributed by atoms with Crippen molar-refractivity contribution in [3.05, 3.63) is 65.4 Å². The molecule has 0 unspecified atom stereocenters. The van der Waals surface area contributed by atoms with Crippen molar-refractivity contribution in [2.24, 2.45) is 0 Å². The zero-order chi connectivity index (χ0) is 19.7. The van der Waals surface area contributed by atoms with Crippen LogP contribution in [0.25, 0.3) is 11.0 Å². The van der Waals surface area contributed by atoms with Crippen molar-refractivity contribution in [2.75, 3.05) is 31.6 Å². The first-order chi connectivity index (χ1) is 13.5. The molecule has 3 aromatic rings. The molecule has 2 heterocycles. The lowest BCUT2D eigenvalue weighted by atomic mass is 10.1. The van der Waals surface area contributed by atoms with Crippen LogP contribution in [0.2, 0.25) is 0 Å². The lowest BCUT2D eigenvalue weighted by Gasteiger charge is -2.26. The Morgan fingerprint density at radius 1 is 1.04 bits per heavy atom. The van der Waals surface area contributed by atoms with Crippen molar-refractivity contribution in [3.8, 4) is 0 Å². The van der Waals surface area contributed by atoms with Crippen LogP contribution in [0, 0.1) is 11.6 Å². The van der Waals surface area contributed by atoms with Gasteiger partial charge in [-0.2, -0.15) is 0 Å². The molecule has 8 heteroatoms. The number of nitrogens with zero attached hydrogens (tertiary/aromatic N) is 1. The van der Waals surface area contributed by atoms with Gasteiger partial charge in [0.05, 0.1) is 18.8 Å². The number of fused-ring (bicyclic) bond motifs is 1. The first-order valence-electron chi connectivity index (χ1n) is 8.69. The van der Waals surface area contributed by atoms with E-state index in [4.69, 9.17) is 9.15 Å². The fraction of sp³-hybridized carbons (Fsp3) is 0.200. The summed E-state index contributed by atoms with van der Waals surface area (Å²) in [5, 5.41) is 3.07. The van der Waals surface area contributed by atoms with E-state index < -0.39 is 23.4 Å². The molecule has 0 atom stereocenters. The molecule has 1 aliphatic heterocycles. The van der Waals surface area contributed by atoms with Crippen molar-refractivity contribution in [1.82, 2.24) is 4.90 Å². The summed E-state index contributed by atoms with van der Waals surface area (Å²) in [7, 11) is 0. The van der Waals surface area contributed by atoms with Gasteiger partial charge in [0.2, 0.25) is 5.76 Å². The van der Waals surface area contributed by atoms with Crippen molar-refractivity contribution in [3.63, 3.8) is 0 Å². The zero-order valence-electron chi connectivity index (χ0n) is 14.7. The van der Waals surface area contributed by atoms with E-state index in [2.05, 4.69) is 5.32 Å². The highest BCUT2D eigenvalue weighted by molar-refractivity contribution is 6.14. The third-order valence-corrected chi connectivity index (χ3v) is 4.50. The Morgan fingerprint density at radius 3 is 2.54 bits per heavy atom. The second kappa shape index (κ2) is 7.40. The average molecular weight is 386 g/mol. The van der Waals surface area contributed by atoms with Crippen molar-refractivity contribution < 1.29 is 27.5 Å². The van der Waals surface area contributed by atoms with E-state index in [1.165, 1.54) is 0 Å². The maximum Gasteiger partial charge on any atom is 0.291 e. The van der Waals surface area contributed by atoms with Gasteiger partial charge in [-0.05, 0) is 24.3 Å². The number of carbonyl (C=O) groups excluding carboxylic acids is 2. The van der Waals surface area contributed by atoms with Crippen LogP contribution in [0.3, 0.4) is 0 Å². The topological polar surface area (TPSA) is 71.8 Å². The molecule has 6 nitrogen and oxygen atoms in total. The van der Waals surface area contributed by atoms with Crippen LogP contribution in [0.4, 0.5) is 14.5 Å². The summed E-state index contributed by atoms with van der Waals surface area (Å²) < 4.78 is 38.1. The van der Waals surface area contributed by atoms with E-state index in [1.807, 2.05) is 0 Å². The summed E-state index contributed by atoms with van der Waals surface area (Å²) >= 11 is 0. The second-order valence-corrected chi connectivity index (χ2v) is 6.29. The summed E-state index contributed by atoms with van der Waals surface area (Å²) in [5.74, 6) is -3.02. The van der Waals surface area contributed by atoms with E-state index in [0.717, 1.165) is 12.1 Å². The van der Waals surface area contributed by atoms with Crippen LogP contribution in [-0.2, 0) is 4.74 Å². The van der Waals surface area contributed by atoms with Crippen LogP contribution < -0.4 is 5.32 Å². The maximum atomic E-state index is 14.0. The molecule has 1 N–H and O–H groups in total. The number of hydrogen-bond acceptors (Lipinski definition) is 4. The van der Waals surface area contributed by atoms with Crippen LogP contribution in [-0.4, -0.2) is 43.0 Å². The number of hydrogen-bond donors (Lipinski definition) is 1. The quantitative estimate of drug-likeness (QED) is 0.749. The van der Waals surface area contributed by atoms with E-state index in [-0.39, 0.29) is 17.0 Å². The summed E-state index contributed by atoms with van der Waals surface area (Å²) in [4.78, 5) is 27.1. The lowest BCUT2D eigenvalue weighted by Crippen LogP contribution is -2.40. The van der Waals surface area contributed by atoms with E-state index in [1.54, 1.807) is 29.2 Å². The molecule has 1 fully saturated rings. The Morgan fingerprint density at radius 2 is 1.79 bits per heavy atom. The molecular formula is C20H16F2N2O4. The number of para-hydroxylation sites is 1. The first kappa shape index (κ1) is 18.1. The van der Waals surface area contributed by atoms with Crippen LogP contribution in [0.15, 0.2) is 46.9 Å². The fourth-order valence-electron chi connectivity index (χ4n) is 3.08. The minimum Gasteiger partial charge on any atom is -0.449 e. The fourth-order valence-corrected chi connectivity index (χ4v) is 3.08. The molecule has 1 aliphatic rings. The third-order valence-electron chi connectivity index (χ3n) is 4.50. The summed E-state index contributed by atoms with van der Waals surface area (Å²) in [6, 6.07) is 9.49. The number of nitrogens with one attached hydrogen (secondary N) is 1. The smallest absolute Gasteiger partial charge is 0.291 e. The van der Waals surface area contributed by atoms with E-state index in [9.17, 15) is 18.4 Å². The molecule has 0 saturated carbocycles. The zero-order valence-corrected chi connectivity index (χ0v) is 14.7. The summed E-state index contributed by atoms with van der Waals surface area (Å²) in [5.41, 5.74) is 0.228. The van der Waals surface area contributed by atoms with Gasteiger partial charge in [-0.1, -0.05) is 12.1 Å². The van der Waals surface area contributed by atoms with Gasteiger partial charge in [0, 0.05) is 24.5 Å². The highest BCUT2D eigenvalue weighted by Gasteiger charge is 2.28. The van der Waals surface area contributed by atoms with Gasteiger partial charge in [-0.15, -0.1) is 0 Å². The van der Waals surface area contributed by atoms with Crippen molar-refractivity contribution in [1.29, 1.82) is 0 Å². The molecule has 28 heavy (non-hydrogen) atoms. The molecule has 1 aromatic heterocycles. The third kappa shape index (κ3) is 3.34. The van der Waals surface area contributed by atoms with Gasteiger partial charge < -0.3 is 19.4 Å². The van der Waals surface area contributed by atoms with Crippen LogP contribution in [0.1, 0.15) is 20.9 Å². The van der Waals surface area contributed by atoms with Gasteiger partial charge >= 0.3 is 0 Å². The maximum absolute atomic E-state index is 14.0. The number of halogens is 2. The molecule has 2 amide bonds. The normalized spacial score (nSPS) is 14.3. The number of amides is 2. The highest BCUT2D eigenvalue weighted by Crippen LogP contribution is 2.32. The highest BCUT2D eigenvalue weighted by atomic mass is 19.1. The lowest BCUT2D eigenvalue weighted by molar-refractivity contribution is 0.0285. The molecule has 144 valence electrons. The Labute approximate surface area is 158 Å². The first-order valence-corrected chi connectivity index (χ1v) is 8.69. The minimum atomic E-state index is -0.994. The monoisotopic (exact) mass is 386 g/mol. The van der Waals surface area contributed by atoms with E-state index in [0.29, 0.717) is 43.3 Å². The molecule has 0 aliphatic carbocycles. The predicted octanol–water partition coefficient (Wildman–Crippen LogP) is 3.44. The number of benzene rings is 2. The van der Waals surface area contributed by atoms with Crippen LogP contribution in [0.5, 0.6) is 0 Å². The summed E-state index contributed by atoms with van der Waals surface area (Å²) in [6.07, 6.45) is 0. The van der Waals surface area contributed by atoms with Gasteiger partial charge in [-0.25, -0.2) is 8.78 Å². The number of rotatable bonds is 3. The molecule has 2 aromatic carbocycles. The predicted molar refractivity (Wildman–Crippen MR) is 97.2 cm³/mol. The Bertz CT molecular complexity index is 1060. The standard InChI is InChI=1S/C20H16F2N2O4/c21-12-5-6-13(15(22)11-12)19(25)23-17-14-3-1-2-4-16(14)28-18(17)20(26)24-7-9-27-10-8-24/h1-6,11H,7-10H2,(H,23,25). The molecule has 0 spiro atoms. The average Bonchev–Trinajstić information content (AvgIpc) is 3.06. The van der Waals surface area contributed by atoms with Gasteiger partial charge in [0.1, 0.15) is 22.9 Å². The molecule has 4 rings (SSSR count). The minimum absolute atomic E-state index is 0.0426. The largest absolute Gasteiger partial charge is 0.449 e. The molecule has 1 saturated heterocycles. The second-order valence-electron chi connectivity index (χ2n) is 6.29. The van der Waals surface area contributed by atoms with Gasteiger partial charge in [-0.3, -0.25) is 9.59 Å². The Balaban J connectivity index is 1.72. The van der Waals surface area contributed by atoms with Crippen molar-refractivity contribution >= 4 is 28.5 Å².